The minimum absolute atomic E-state index is 0.0138. The maximum absolute atomic E-state index is 12.8. The summed E-state index contributed by atoms with van der Waals surface area (Å²) in [6, 6.07) is 5.66. The van der Waals surface area contributed by atoms with Gasteiger partial charge in [0.15, 0.2) is 0 Å². The molecule has 2 heterocycles. The Morgan fingerprint density at radius 1 is 1.31 bits per heavy atom. The molecule has 2 aromatic rings. The molecular formula is C17H14ClF3N2O2S. The van der Waals surface area contributed by atoms with Gasteiger partial charge in [0.2, 0.25) is 5.88 Å². The molecule has 1 saturated heterocycles. The number of rotatable bonds is 4. The van der Waals surface area contributed by atoms with Crippen LogP contribution < -0.4 is 10.1 Å². The van der Waals surface area contributed by atoms with E-state index in [4.69, 9.17) is 16.3 Å². The number of amides is 1. The summed E-state index contributed by atoms with van der Waals surface area (Å²) >= 11 is 7.68. The van der Waals surface area contributed by atoms with Gasteiger partial charge in [-0.3, -0.25) is 4.79 Å². The summed E-state index contributed by atoms with van der Waals surface area (Å²) in [6.45, 7) is 0. The lowest BCUT2D eigenvalue weighted by molar-refractivity contribution is -0.137. The molecule has 1 atom stereocenters. The van der Waals surface area contributed by atoms with Crippen molar-refractivity contribution >= 4 is 35.0 Å². The molecule has 0 aliphatic carbocycles. The lowest BCUT2D eigenvalue weighted by Gasteiger charge is -2.13. The third-order valence-electron chi connectivity index (χ3n) is 3.71. The Bertz CT molecular complexity index is 811. The number of carbonyl (C=O) groups is 1. The number of nitrogens with zero attached hydrogens (tertiary/aromatic N) is 1. The number of aromatic nitrogens is 1. The maximum atomic E-state index is 12.8. The summed E-state index contributed by atoms with van der Waals surface area (Å²) in [5, 5.41) is 2.42. The van der Waals surface area contributed by atoms with Gasteiger partial charge in [-0.1, -0.05) is 11.6 Å². The summed E-state index contributed by atoms with van der Waals surface area (Å²) in [6.07, 6.45) is -2.16. The standard InChI is InChI=1S/C17H14ClF3N2O2S/c18-13-2-1-11(17(19,20)21)8-14(13)23-16(24)10-3-5-22-15(7-10)25-12-4-6-26-9-12/h1-3,5,7-8,12H,4,6,9H2,(H,23,24). The molecule has 1 unspecified atom stereocenters. The first-order valence-electron chi connectivity index (χ1n) is 7.71. The van der Waals surface area contributed by atoms with Gasteiger partial charge in [0.05, 0.1) is 16.3 Å². The normalized spacial score (nSPS) is 17.2. The first kappa shape index (κ1) is 18.8. The van der Waals surface area contributed by atoms with Gasteiger partial charge in [0.1, 0.15) is 6.10 Å². The number of halogens is 4. The molecule has 0 spiro atoms. The van der Waals surface area contributed by atoms with Crippen LogP contribution in [-0.4, -0.2) is 28.5 Å². The predicted octanol–water partition coefficient (Wildman–Crippen LogP) is 4.89. The van der Waals surface area contributed by atoms with Crippen LogP contribution in [0.2, 0.25) is 5.02 Å². The van der Waals surface area contributed by atoms with E-state index in [2.05, 4.69) is 10.3 Å². The quantitative estimate of drug-likeness (QED) is 0.791. The summed E-state index contributed by atoms with van der Waals surface area (Å²) < 4.78 is 44.2. The Morgan fingerprint density at radius 3 is 2.81 bits per heavy atom. The number of pyridine rings is 1. The minimum Gasteiger partial charge on any atom is -0.473 e. The van der Waals surface area contributed by atoms with E-state index >= 15 is 0 Å². The molecule has 1 fully saturated rings. The molecule has 1 aromatic carbocycles. The molecule has 1 aliphatic heterocycles. The van der Waals surface area contributed by atoms with Gasteiger partial charge >= 0.3 is 6.18 Å². The second-order valence-corrected chi connectivity index (χ2v) is 7.19. The van der Waals surface area contributed by atoms with E-state index in [1.54, 1.807) is 11.8 Å². The third kappa shape index (κ3) is 4.62. The fraction of sp³-hybridized carbons (Fsp3) is 0.294. The SMILES string of the molecule is O=C(Nc1cc(C(F)(F)F)ccc1Cl)c1ccnc(OC2CCSC2)c1. The van der Waals surface area contributed by atoms with E-state index in [-0.39, 0.29) is 22.4 Å². The van der Waals surface area contributed by atoms with Crippen molar-refractivity contribution < 1.29 is 22.7 Å². The second kappa shape index (κ2) is 7.75. The van der Waals surface area contributed by atoms with Gasteiger partial charge in [-0.2, -0.15) is 24.9 Å². The highest BCUT2D eigenvalue weighted by Crippen LogP contribution is 2.34. The molecule has 1 aromatic heterocycles. The zero-order chi connectivity index (χ0) is 18.7. The van der Waals surface area contributed by atoms with Crippen molar-refractivity contribution in [2.75, 3.05) is 16.8 Å². The number of ether oxygens (including phenoxy) is 1. The molecule has 4 nitrogen and oxygen atoms in total. The number of carbonyl (C=O) groups excluding carboxylic acids is 1. The van der Waals surface area contributed by atoms with Crippen LogP contribution in [0.3, 0.4) is 0 Å². The average Bonchev–Trinajstić information content (AvgIpc) is 3.09. The Hall–Kier alpha value is -1.93. The van der Waals surface area contributed by atoms with Crippen molar-refractivity contribution in [1.82, 2.24) is 4.98 Å². The van der Waals surface area contributed by atoms with Crippen LogP contribution >= 0.6 is 23.4 Å². The van der Waals surface area contributed by atoms with E-state index in [0.29, 0.717) is 5.88 Å². The molecule has 1 aliphatic rings. The van der Waals surface area contributed by atoms with E-state index in [1.807, 2.05) is 0 Å². The topological polar surface area (TPSA) is 51.2 Å². The monoisotopic (exact) mass is 402 g/mol. The first-order chi connectivity index (χ1) is 12.3. The smallest absolute Gasteiger partial charge is 0.416 e. The Kier molecular flexibility index (Phi) is 5.62. The number of benzene rings is 1. The molecule has 1 amide bonds. The molecule has 138 valence electrons. The number of nitrogens with one attached hydrogen (secondary N) is 1. The highest BCUT2D eigenvalue weighted by molar-refractivity contribution is 7.99. The van der Waals surface area contributed by atoms with Crippen LogP contribution in [0.25, 0.3) is 0 Å². The van der Waals surface area contributed by atoms with Crippen molar-refractivity contribution in [3.63, 3.8) is 0 Å². The summed E-state index contributed by atoms with van der Waals surface area (Å²) in [7, 11) is 0. The van der Waals surface area contributed by atoms with E-state index in [1.165, 1.54) is 18.3 Å². The van der Waals surface area contributed by atoms with Crippen LogP contribution in [-0.2, 0) is 6.18 Å². The maximum Gasteiger partial charge on any atom is 0.416 e. The van der Waals surface area contributed by atoms with Crippen molar-refractivity contribution in [2.24, 2.45) is 0 Å². The Balaban J connectivity index is 1.76. The molecule has 0 radical (unpaired) electrons. The number of hydrogen-bond acceptors (Lipinski definition) is 4. The van der Waals surface area contributed by atoms with Crippen molar-refractivity contribution in [3.8, 4) is 5.88 Å². The Morgan fingerprint density at radius 2 is 2.12 bits per heavy atom. The van der Waals surface area contributed by atoms with E-state index in [9.17, 15) is 18.0 Å². The molecule has 26 heavy (non-hydrogen) atoms. The molecule has 1 N–H and O–H groups in total. The fourth-order valence-electron chi connectivity index (χ4n) is 2.38. The first-order valence-corrected chi connectivity index (χ1v) is 9.25. The van der Waals surface area contributed by atoms with Crippen molar-refractivity contribution in [3.05, 3.63) is 52.7 Å². The van der Waals surface area contributed by atoms with Gasteiger partial charge in [0, 0.05) is 23.6 Å². The van der Waals surface area contributed by atoms with Gasteiger partial charge in [-0.05, 0) is 36.4 Å². The number of anilines is 1. The van der Waals surface area contributed by atoms with Crippen LogP contribution in [0.15, 0.2) is 36.5 Å². The fourth-order valence-corrected chi connectivity index (χ4v) is 3.64. The van der Waals surface area contributed by atoms with Crippen molar-refractivity contribution in [2.45, 2.75) is 18.7 Å². The zero-order valence-electron chi connectivity index (χ0n) is 13.3. The third-order valence-corrected chi connectivity index (χ3v) is 5.18. The second-order valence-electron chi connectivity index (χ2n) is 5.63. The Labute approximate surface area is 157 Å². The van der Waals surface area contributed by atoms with Gasteiger partial charge in [-0.25, -0.2) is 4.98 Å². The summed E-state index contributed by atoms with van der Waals surface area (Å²) in [5.41, 5.74) is -0.790. The summed E-state index contributed by atoms with van der Waals surface area (Å²) in [4.78, 5) is 16.4. The highest BCUT2D eigenvalue weighted by atomic mass is 35.5. The number of thioether (sulfide) groups is 1. The minimum atomic E-state index is -4.53. The molecule has 9 heteroatoms. The average molecular weight is 403 g/mol. The van der Waals surface area contributed by atoms with Crippen molar-refractivity contribution in [1.29, 1.82) is 0 Å². The summed E-state index contributed by atoms with van der Waals surface area (Å²) in [5.74, 6) is 1.58. The molecule has 0 saturated carbocycles. The van der Waals surface area contributed by atoms with E-state index < -0.39 is 17.6 Å². The lowest BCUT2D eigenvalue weighted by Crippen LogP contribution is -2.17. The van der Waals surface area contributed by atoms with Gasteiger partial charge < -0.3 is 10.1 Å². The van der Waals surface area contributed by atoms with Crippen LogP contribution in [0.4, 0.5) is 18.9 Å². The van der Waals surface area contributed by atoms with Gasteiger partial charge in [-0.15, -0.1) is 0 Å². The highest BCUT2D eigenvalue weighted by Gasteiger charge is 2.31. The zero-order valence-corrected chi connectivity index (χ0v) is 14.9. The largest absolute Gasteiger partial charge is 0.473 e. The van der Waals surface area contributed by atoms with Crippen LogP contribution in [0, 0.1) is 0 Å². The van der Waals surface area contributed by atoms with E-state index in [0.717, 1.165) is 36.1 Å². The molecule has 3 rings (SSSR count). The molecule has 0 bridgehead atoms. The molecular weight excluding hydrogens is 389 g/mol. The number of alkyl halides is 3. The van der Waals surface area contributed by atoms with Crippen LogP contribution in [0.5, 0.6) is 5.88 Å². The predicted molar refractivity (Wildman–Crippen MR) is 95.0 cm³/mol. The van der Waals surface area contributed by atoms with Crippen LogP contribution in [0.1, 0.15) is 22.3 Å². The number of hydrogen-bond donors (Lipinski definition) is 1. The lowest BCUT2D eigenvalue weighted by atomic mass is 10.2. The van der Waals surface area contributed by atoms with Gasteiger partial charge in [0.25, 0.3) is 5.91 Å².